The van der Waals surface area contributed by atoms with E-state index in [4.69, 9.17) is 79.9 Å². The second kappa shape index (κ2) is 70.3. The number of halogens is 4. The third-order valence-corrected chi connectivity index (χ3v) is 24.6. The first-order valence-corrected chi connectivity index (χ1v) is 52.8. The number of benzene rings is 12. The number of rotatable bonds is 58. The van der Waals surface area contributed by atoms with Gasteiger partial charge in [-0.15, -0.1) is 0 Å². The lowest BCUT2D eigenvalue weighted by Crippen LogP contribution is -2.07. The predicted molar refractivity (Wildman–Crippen MR) is 594 cm³/mol. The number of carbonyl (C=O) groups excluding carboxylic acids is 8. The summed E-state index contributed by atoms with van der Waals surface area (Å²) in [6.07, 6.45) is 25.7. The Balaban J connectivity index is 0.000000242. The number of carbonyl (C=O) groups is 8. The highest BCUT2D eigenvalue weighted by Gasteiger charge is 2.23. The van der Waals surface area contributed by atoms with Crippen LogP contribution < -0.4 is 28.4 Å². The van der Waals surface area contributed by atoms with E-state index in [1.807, 2.05) is 48.5 Å². The molecule has 0 unspecified atom stereocenters. The van der Waals surface area contributed by atoms with Crippen molar-refractivity contribution in [2.75, 3.05) is 39.6 Å². The topological polar surface area (TPSA) is 334 Å². The standard InChI is InChI=1S/C23H27ClO4.C22H25ClO4.C22H28O3.C20H21ClO4.C19H22O3.C18H19ClO3/c1-17(25)9-5-3-2-4-8-14-28-23-13-12-19(24)15-18(23)16-22(27)20-10-6-7-11-21(20)26;1-16(24)8-4-2-3-7-13-27-22-12-11-18(23)14-17(22)15-21(26)19-9-5-6-10-20(19)25;1-2-3-4-5-6-11-16-25-22-15-10-7-12-18(22)17-21(24)19-13-8-9-14-20(19)23;1-14(22)6-4-5-11-25-20-10-9-16(21)12-15(20)13-19(24)17-7-2-3-8-18(17)23;1-2-3-8-13-22-19-12-7-4-9-15(19)14-18(21)16-10-5-6-11-17(16)20;1-2-3-10-22-18-9-8-14(19)11-13(18)12-17(21)15-6-4-5-7-16(15)20/h6-7,10-13,15,25-26H,1-5,8-9,14,16H2;5-6,9-12,14,25H,2-4,7-8,13,15H2,1H3;7-10,12-15,23H,2-6,11,16-17H2,1H3;2-3,7-10,12,23H,4-6,11,13H2,1H3;4-7,9-12,20H,2-3,8,13-14H2,1H3;4-9,11,20H,2-3,10,12H2,1H3. The van der Waals surface area contributed by atoms with Gasteiger partial charge in [0.2, 0.25) is 0 Å². The number of ketones is 8. The summed E-state index contributed by atoms with van der Waals surface area (Å²) in [5.74, 6) is 3.68. The number of phenols is 6. The smallest absolute Gasteiger partial charge is 0.171 e. The van der Waals surface area contributed by atoms with E-state index in [0.717, 1.165) is 137 Å². The molecule has 0 aliphatic carbocycles. The van der Waals surface area contributed by atoms with Gasteiger partial charge in [0.25, 0.3) is 0 Å². The Kier molecular flexibility index (Phi) is 57.6. The SMILES string of the molecule is C=C(O)CCCCCCCOc1ccc(Cl)cc1CC(=O)c1ccccc1O.CC(=O)CCCCCCOc1ccc(Cl)cc1CC(=O)c1ccccc1O.CC(=O)CCCCOc1ccc(Cl)cc1CC(=O)c1ccccc1O.CCCCCCCCOc1ccccc1CC(=O)c1ccccc1O.CCCCCOc1ccccc1CC(=O)c1ccccc1O.CCCCOc1ccc(Cl)cc1CC(=O)c1ccccc1O. The van der Waals surface area contributed by atoms with Gasteiger partial charge < -0.3 is 73.8 Å². The molecule has 12 aromatic carbocycles. The molecule has 0 spiro atoms. The molecule has 0 aliphatic rings. The van der Waals surface area contributed by atoms with Gasteiger partial charge in [0.1, 0.15) is 80.6 Å². The van der Waals surface area contributed by atoms with Crippen molar-refractivity contribution >= 4 is 92.7 Å². The van der Waals surface area contributed by atoms with Crippen molar-refractivity contribution < 1.29 is 103 Å². The number of hydrogen-bond acceptors (Lipinski definition) is 21. The van der Waals surface area contributed by atoms with Crippen molar-refractivity contribution in [3.63, 3.8) is 0 Å². The fourth-order valence-corrected chi connectivity index (χ4v) is 16.3. The fourth-order valence-electron chi connectivity index (χ4n) is 15.5. The van der Waals surface area contributed by atoms with Crippen LogP contribution in [0.2, 0.25) is 20.1 Å². The molecule has 0 amide bonds. The Morgan fingerprint density at radius 2 is 0.416 bits per heavy atom. The highest BCUT2D eigenvalue weighted by atomic mass is 35.5. The monoisotopic (exact) mass is 2110 g/mol. The highest BCUT2D eigenvalue weighted by molar-refractivity contribution is 6.31. The van der Waals surface area contributed by atoms with Gasteiger partial charge in [0, 0.05) is 111 Å². The van der Waals surface area contributed by atoms with Crippen molar-refractivity contribution in [2.24, 2.45) is 0 Å². The molecule has 0 fully saturated rings. The molecule has 0 heterocycles. The van der Waals surface area contributed by atoms with Crippen LogP contribution in [0, 0.1) is 0 Å². The minimum atomic E-state index is -0.207. The van der Waals surface area contributed by atoms with Crippen LogP contribution in [0.1, 0.15) is 291 Å². The Hall–Kier alpha value is -13.7. The lowest BCUT2D eigenvalue weighted by atomic mass is 10.0. The molecule has 0 radical (unpaired) electrons. The van der Waals surface area contributed by atoms with E-state index in [1.165, 1.54) is 68.5 Å². The molecule has 25 heteroatoms. The van der Waals surface area contributed by atoms with Gasteiger partial charge in [-0.1, -0.05) is 266 Å². The van der Waals surface area contributed by atoms with Crippen molar-refractivity contribution in [2.45, 2.75) is 234 Å². The molecular formula is C124H142Cl4O21. The summed E-state index contributed by atoms with van der Waals surface area (Å²) in [6, 6.07) is 75.4. The molecule has 12 aromatic rings. The number of phenolic OH excluding ortho intramolecular Hbond substituents is 6. The Labute approximate surface area is 897 Å². The zero-order valence-electron chi connectivity index (χ0n) is 86.1. The summed E-state index contributed by atoms with van der Waals surface area (Å²) in [5, 5.41) is 70.2. The molecule has 0 aliphatic heterocycles. The molecular weight excluding hydrogens is 1970 g/mol. The van der Waals surface area contributed by atoms with Gasteiger partial charge in [-0.2, -0.15) is 0 Å². The van der Waals surface area contributed by atoms with Crippen LogP contribution >= 0.6 is 46.4 Å². The van der Waals surface area contributed by atoms with Crippen molar-refractivity contribution in [3.05, 3.63) is 366 Å². The van der Waals surface area contributed by atoms with Crippen LogP contribution in [-0.4, -0.2) is 122 Å². The van der Waals surface area contributed by atoms with Crippen molar-refractivity contribution in [3.8, 4) is 69.0 Å². The van der Waals surface area contributed by atoms with E-state index >= 15 is 0 Å². The van der Waals surface area contributed by atoms with E-state index in [9.17, 15) is 69.0 Å². The number of para-hydroxylation sites is 8. The summed E-state index contributed by atoms with van der Waals surface area (Å²) in [7, 11) is 0. The predicted octanol–water partition coefficient (Wildman–Crippen LogP) is 30.9. The molecule has 7 N–H and O–H groups in total. The number of aliphatic hydroxyl groups excluding tert-OH is 1. The second-order valence-electron chi connectivity index (χ2n) is 36.0. The molecule has 0 atom stereocenters. The van der Waals surface area contributed by atoms with E-state index in [-0.39, 0.29) is 136 Å². The highest BCUT2D eigenvalue weighted by Crippen LogP contribution is 2.35. The summed E-state index contributed by atoms with van der Waals surface area (Å²) < 4.78 is 34.9. The first-order valence-electron chi connectivity index (χ1n) is 51.3. The summed E-state index contributed by atoms with van der Waals surface area (Å²) >= 11 is 24.2. The first kappa shape index (κ1) is 122. The lowest BCUT2D eigenvalue weighted by Gasteiger charge is -2.12. The molecule has 12 rings (SSSR count). The molecule has 0 saturated heterocycles. The summed E-state index contributed by atoms with van der Waals surface area (Å²) in [5.41, 5.74) is 6.40. The molecule has 0 saturated carbocycles. The number of hydrogen-bond donors (Lipinski definition) is 7. The Morgan fingerprint density at radius 1 is 0.228 bits per heavy atom. The number of allylic oxidation sites excluding steroid dienone is 1. The van der Waals surface area contributed by atoms with Crippen molar-refractivity contribution in [1.82, 2.24) is 0 Å². The van der Waals surface area contributed by atoms with Crippen molar-refractivity contribution in [1.29, 1.82) is 0 Å². The van der Waals surface area contributed by atoms with Crippen LogP contribution in [0.15, 0.2) is 279 Å². The van der Waals surface area contributed by atoms with Crippen LogP contribution in [0.25, 0.3) is 0 Å². The molecule has 149 heavy (non-hydrogen) atoms. The van der Waals surface area contributed by atoms with Gasteiger partial charge in [0.05, 0.1) is 78.8 Å². The normalized spacial score (nSPS) is 10.5. The van der Waals surface area contributed by atoms with E-state index in [1.54, 1.807) is 196 Å². The van der Waals surface area contributed by atoms with Crippen LogP contribution in [0.4, 0.5) is 0 Å². The quantitative estimate of drug-likeness (QED) is 0.0106. The maximum absolute atomic E-state index is 12.5. The maximum Gasteiger partial charge on any atom is 0.171 e. The van der Waals surface area contributed by atoms with E-state index < -0.39 is 0 Å². The number of aliphatic hydroxyl groups is 1. The molecule has 792 valence electrons. The lowest BCUT2D eigenvalue weighted by molar-refractivity contribution is -0.118. The second-order valence-corrected chi connectivity index (χ2v) is 37.7. The molecule has 0 aromatic heterocycles. The maximum atomic E-state index is 12.5. The van der Waals surface area contributed by atoms with Crippen LogP contribution in [-0.2, 0) is 48.1 Å². The first-order chi connectivity index (χ1) is 72.0. The zero-order valence-corrected chi connectivity index (χ0v) is 89.2. The number of aromatic hydroxyl groups is 6. The summed E-state index contributed by atoms with van der Waals surface area (Å²) in [4.78, 5) is 96.5. The van der Waals surface area contributed by atoms with E-state index in [0.29, 0.717) is 141 Å². The third kappa shape index (κ3) is 47.1. The number of ether oxygens (including phenoxy) is 6. The van der Waals surface area contributed by atoms with Gasteiger partial charge in [-0.3, -0.25) is 28.8 Å². The fraction of sp³-hybridized carbons (Fsp3) is 0.339. The Bertz CT molecular complexity index is 6190. The van der Waals surface area contributed by atoms with Crippen LogP contribution in [0.5, 0.6) is 69.0 Å². The van der Waals surface area contributed by atoms with Gasteiger partial charge in [-0.25, -0.2) is 0 Å². The van der Waals surface area contributed by atoms with Crippen LogP contribution in [0.3, 0.4) is 0 Å². The minimum absolute atomic E-state index is 0.0111. The number of Topliss-reactive ketones (excluding diaryl/α,β-unsaturated/α-hetero) is 8. The van der Waals surface area contributed by atoms with Gasteiger partial charge in [-0.05, 0) is 229 Å². The van der Waals surface area contributed by atoms with E-state index in [2.05, 4.69) is 27.4 Å². The molecule has 0 bridgehead atoms. The Morgan fingerprint density at radius 3 is 0.671 bits per heavy atom. The minimum Gasteiger partial charge on any atom is -0.513 e. The average Bonchev–Trinajstić information content (AvgIpc) is 0.833. The largest absolute Gasteiger partial charge is 0.513 e. The average molecular weight is 2110 g/mol. The van der Waals surface area contributed by atoms with Gasteiger partial charge >= 0.3 is 0 Å². The summed E-state index contributed by atoms with van der Waals surface area (Å²) in [6.45, 7) is 16.6. The number of unbranched alkanes of at least 4 members (excludes halogenated alkanes) is 16. The third-order valence-electron chi connectivity index (χ3n) is 23.6. The van der Waals surface area contributed by atoms with Gasteiger partial charge in [0.15, 0.2) is 34.7 Å². The zero-order chi connectivity index (χ0) is 108. The molecule has 21 nitrogen and oxygen atoms in total.